The number of hydrogen-bond acceptors (Lipinski definition) is 0. The molecule has 0 aliphatic heterocycles. The Morgan fingerprint density at radius 2 is 1.42 bits per heavy atom. The van der Waals surface area contributed by atoms with Crippen molar-refractivity contribution in [2.24, 2.45) is 0 Å². The molecule has 0 saturated carbocycles. The van der Waals surface area contributed by atoms with Gasteiger partial charge in [0.05, 0.1) is 5.56 Å². The molecule has 0 N–H and O–H groups in total. The lowest BCUT2D eigenvalue weighted by molar-refractivity contribution is -0.139. The minimum atomic E-state index is -4.24. The van der Waals surface area contributed by atoms with E-state index in [0.29, 0.717) is 0 Å². The molecule has 0 unspecified atom stereocenters. The van der Waals surface area contributed by atoms with E-state index < -0.39 is 11.7 Å². The molecule has 0 heterocycles. The Bertz CT molecular complexity index is 273. The van der Waals surface area contributed by atoms with E-state index in [4.69, 9.17) is 0 Å². The van der Waals surface area contributed by atoms with E-state index in [-0.39, 0.29) is 7.14 Å². The summed E-state index contributed by atoms with van der Waals surface area (Å²) in [6.07, 6.45) is -4.24. The highest BCUT2D eigenvalue weighted by molar-refractivity contribution is 14.1. The van der Waals surface area contributed by atoms with Crippen molar-refractivity contribution in [1.29, 1.82) is 0 Å². The van der Waals surface area contributed by atoms with Gasteiger partial charge in [-0.05, 0) is 57.3 Å². The van der Waals surface area contributed by atoms with Gasteiger partial charge in [0.1, 0.15) is 0 Å². The van der Waals surface area contributed by atoms with E-state index in [2.05, 4.69) is 0 Å². The molecule has 1 aromatic carbocycles. The van der Waals surface area contributed by atoms with Crippen LogP contribution in [0.5, 0.6) is 0 Å². The van der Waals surface area contributed by atoms with E-state index >= 15 is 0 Å². The summed E-state index contributed by atoms with van der Waals surface area (Å²) in [6.45, 7) is 0. The molecule has 0 bridgehead atoms. The molecular formula is C7H3F3I2. The van der Waals surface area contributed by atoms with E-state index in [9.17, 15) is 13.2 Å². The van der Waals surface area contributed by atoms with Crippen LogP contribution in [0.1, 0.15) is 5.56 Å². The molecule has 0 spiro atoms. The van der Waals surface area contributed by atoms with Gasteiger partial charge < -0.3 is 0 Å². The molecule has 0 aliphatic rings. The van der Waals surface area contributed by atoms with Gasteiger partial charge in [-0.2, -0.15) is 13.2 Å². The van der Waals surface area contributed by atoms with E-state index in [1.54, 1.807) is 51.2 Å². The summed E-state index contributed by atoms with van der Waals surface area (Å²) < 4.78 is 37.4. The molecule has 1 aromatic rings. The van der Waals surface area contributed by atoms with Crippen molar-refractivity contribution < 1.29 is 13.2 Å². The molecule has 0 fully saturated rings. The second kappa shape index (κ2) is 3.69. The second-order valence-corrected chi connectivity index (χ2v) is 4.42. The lowest BCUT2D eigenvalue weighted by atomic mass is 10.2. The zero-order valence-corrected chi connectivity index (χ0v) is 9.94. The minimum absolute atomic E-state index is 0.243. The third-order valence-electron chi connectivity index (χ3n) is 1.25. The number of alkyl halides is 3. The van der Waals surface area contributed by atoms with Crippen LogP contribution in [0.25, 0.3) is 0 Å². The lowest BCUT2D eigenvalue weighted by Crippen LogP contribution is -2.09. The quantitative estimate of drug-likeness (QED) is 0.582. The van der Waals surface area contributed by atoms with E-state index in [1.165, 1.54) is 12.1 Å². The Morgan fingerprint density at radius 3 is 1.67 bits per heavy atom. The average Bonchev–Trinajstić information content (AvgIpc) is 1.82. The van der Waals surface area contributed by atoms with Gasteiger partial charge >= 0.3 is 6.18 Å². The zero-order chi connectivity index (χ0) is 9.35. The van der Waals surface area contributed by atoms with Crippen LogP contribution in [0.2, 0.25) is 0 Å². The summed E-state index contributed by atoms with van der Waals surface area (Å²) in [7, 11) is 0. The molecule has 0 amide bonds. The molecule has 0 aromatic heterocycles. The first-order valence-corrected chi connectivity index (χ1v) is 5.10. The molecule has 5 heteroatoms. The maximum absolute atomic E-state index is 12.3. The lowest BCUT2D eigenvalue weighted by Gasteiger charge is -2.10. The van der Waals surface area contributed by atoms with Crippen molar-refractivity contribution in [2.45, 2.75) is 6.18 Å². The summed E-state index contributed by atoms with van der Waals surface area (Å²) in [5, 5.41) is 0. The van der Waals surface area contributed by atoms with Gasteiger partial charge in [0.15, 0.2) is 0 Å². The van der Waals surface area contributed by atoms with Gasteiger partial charge in [-0.15, -0.1) is 0 Å². The normalized spacial score (nSPS) is 11.8. The Balaban J connectivity index is 3.31. The van der Waals surface area contributed by atoms with Crippen LogP contribution < -0.4 is 0 Å². The maximum Gasteiger partial charge on any atom is 0.418 e. The Labute approximate surface area is 94.8 Å². The molecule has 0 radical (unpaired) electrons. The highest BCUT2D eigenvalue weighted by Crippen LogP contribution is 2.35. The molecule has 0 aliphatic carbocycles. The zero-order valence-electron chi connectivity index (χ0n) is 5.62. The number of halogens is 5. The monoisotopic (exact) mass is 398 g/mol. The molecule has 0 saturated heterocycles. The van der Waals surface area contributed by atoms with Crippen LogP contribution in [-0.4, -0.2) is 0 Å². The highest BCUT2D eigenvalue weighted by atomic mass is 127. The first-order valence-electron chi connectivity index (χ1n) is 2.94. The van der Waals surface area contributed by atoms with Crippen molar-refractivity contribution >= 4 is 45.2 Å². The molecule has 0 nitrogen and oxygen atoms in total. The standard InChI is InChI=1S/C7H3F3I2/c8-7(9,10)6-4(11)2-1-3-5(6)12/h1-3H. The molecule has 12 heavy (non-hydrogen) atoms. The Kier molecular flexibility index (Phi) is 3.24. The number of hydrogen-bond donors (Lipinski definition) is 0. The highest BCUT2D eigenvalue weighted by Gasteiger charge is 2.34. The summed E-state index contributed by atoms with van der Waals surface area (Å²) >= 11 is 3.37. The van der Waals surface area contributed by atoms with E-state index in [1.807, 2.05) is 0 Å². The third-order valence-corrected chi connectivity index (χ3v) is 3.04. The van der Waals surface area contributed by atoms with E-state index in [0.717, 1.165) is 0 Å². The van der Waals surface area contributed by atoms with Gasteiger partial charge in [-0.1, -0.05) is 6.07 Å². The predicted octanol–water partition coefficient (Wildman–Crippen LogP) is 3.91. The van der Waals surface area contributed by atoms with Gasteiger partial charge in [0.25, 0.3) is 0 Å². The van der Waals surface area contributed by atoms with Crippen LogP contribution in [0.3, 0.4) is 0 Å². The summed E-state index contributed by atoms with van der Waals surface area (Å²) in [5.74, 6) is 0. The number of benzene rings is 1. The summed E-state index contributed by atoms with van der Waals surface area (Å²) in [5.41, 5.74) is -0.536. The molecule has 66 valence electrons. The smallest absolute Gasteiger partial charge is 0.166 e. The van der Waals surface area contributed by atoms with Crippen molar-refractivity contribution in [3.05, 3.63) is 30.9 Å². The fourth-order valence-electron chi connectivity index (χ4n) is 0.769. The van der Waals surface area contributed by atoms with Crippen molar-refractivity contribution in [3.63, 3.8) is 0 Å². The second-order valence-electron chi connectivity index (χ2n) is 2.09. The Morgan fingerprint density at radius 1 is 1.00 bits per heavy atom. The van der Waals surface area contributed by atoms with Crippen molar-refractivity contribution in [1.82, 2.24) is 0 Å². The van der Waals surface area contributed by atoms with Gasteiger partial charge in [0.2, 0.25) is 0 Å². The fourth-order valence-corrected chi connectivity index (χ4v) is 2.89. The van der Waals surface area contributed by atoms with Crippen LogP contribution in [0.4, 0.5) is 13.2 Å². The van der Waals surface area contributed by atoms with Gasteiger partial charge in [0, 0.05) is 7.14 Å². The summed E-state index contributed by atoms with van der Waals surface area (Å²) in [4.78, 5) is 0. The number of rotatable bonds is 0. The summed E-state index contributed by atoms with van der Waals surface area (Å²) in [6, 6.07) is 4.51. The van der Waals surface area contributed by atoms with Gasteiger partial charge in [-0.3, -0.25) is 0 Å². The predicted molar refractivity (Wildman–Crippen MR) is 56.9 cm³/mol. The fraction of sp³-hybridized carbons (Fsp3) is 0.143. The van der Waals surface area contributed by atoms with Crippen LogP contribution in [-0.2, 0) is 6.18 Å². The van der Waals surface area contributed by atoms with Crippen molar-refractivity contribution in [2.75, 3.05) is 0 Å². The SMILES string of the molecule is FC(F)(F)c1c(I)cccc1I. The first kappa shape index (κ1) is 10.6. The molecular weight excluding hydrogens is 395 g/mol. The van der Waals surface area contributed by atoms with Gasteiger partial charge in [-0.25, -0.2) is 0 Å². The minimum Gasteiger partial charge on any atom is -0.166 e. The Hall–Kier alpha value is 0.470. The average molecular weight is 398 g/mol. The van der Waals surface area contributed by atoms with Crippen LogP contribution in [0, 0.1) is 7.14 Å². The third kappa shape index (κ3) is 2.24. The largest absolute Gasteiger partial charge is 0.418 e. The maximum atomic E-state index is 12.3. The molecule has 1 rings (SSSR count). The van der Waals surface area contributed by atoms with Crippen molar-refractivity contribution in [3.8, 4) is 0 Å². The van der Waals surface area contributed by atoms with Crippen LogP contribution in [0.15, 0.2) is 18.2 Å². The van der Waals surface area contributed by atoms with Crippen LogP contribution >= 0.6 is 45.2 Å². The topological polar surface area (TPSA) is 0 Å². The first-order chi connectivity index (χ1) is 5.43. The molecule has 0 atom stereocenters.